The number of carbonyl (C=O) groups is 4. The average molecular weight is 548 g/mol. The first-order valence-electron chi connectivity index (χ1n) is 10.00. The number of amides is 4. The van der Waals surface area contributed by atoms with Gasteiger partial charge in [-0.2, -0.15) is 0 Å². The van der Waals surface area contributed by atoms with Gasteiger partial charge in [0.25, 0.3) is 17.1 Å². The van der Waals surface area contributed by atoms with Crippen molar-refractivity contribution in [2.45, 2.75) is 13.8 Å². The number of anilines is 1. The summed E-state index contributed by atoms with van der Waals surface area (Å²) in [6.45, 7) is 3.22. The number of methoxy groups -OCH3 is 1. The van der Waals surface area contributed by atoms with Crippen molar-refractivity contribution in [3.8, 4) is 11.5 Å². The van der Waals surface area contributed by atoms with Crippen LogP contribution in [-0.4, -0.2) is 48.1 Å². The SMILES string of the molecule is COc1cc(/C=C2\SC(=O)N(CC(N)=O)C2=O)ccc1OCC(=O)Nc1cc(C)c(C)cc1Br. The van der Waals surface area contributed by atoms with Gasteiger partial charge in [-0.05, 0) is 88.6 Å². The number of aryl methyl sites for hydroxylation is 2. The molecule has 4 amide bonds. The van der Waals surface area contributed by atoms with Crippen LogP contribution in [0.4, 0.5) is 10.5 Å². The summed E-state index contributed by atoms with van der Waals surface area (Å²) in [5, 5.41) is 2.24. The Balaban J connectivity index is 1.69. The predicted octanol–water partition coefficient (Wildman–Crippen LogP) is 3.61. The minimum atomic E-state index is -0.777. The second-order valence-electron chi connectivity index (χ2n) is 7.40. The fourth-order valence-electron chi connectivity index (χ4n) is 3.04. The summed E-state index contributed by atoms with van der Waals surface area (Å²) in [7, 11) is 1.44. The molecule has 0 saturated carbocycles. The number of halogens is 1. The molecule has 0 spiro atoms. The third-order valence-electron chi connectivity index (χ3n) is 4.89. The van der Waals surface area contributed by atoms with Crippen LogP contribution in [0.15, 0.2) is 39.7 Å². The summed E-state index contributed by atoms with van der Waals surface area (Å²) in [5.41, 5.74) is 8.44. The van der Waals surface area contributed by atoms with E-state index >= 15 is 0 Å². The average Bonchev–Trinajstić information content (AvgIpc) is 3.03. The van der Waals surface area contributed by atoms with E-state index in [0.717, 1.165) is 20.5 Å². The number of nitrogens with zero attached hydrogens (tertiary/aromatic N) is 1. The van der Waals surface area contributed by atoms with Crippen LogP contribution in [0.2, 0.25) is 0 Å². The maximum absolute atomic E-state index is 12.4. The van der Waals surface area contributed by atoms with E-state index < -0.39 is 23.6 Å². The molecule has 0 unspecified atom stereocenters. The molecule has 1 heterocycles. The van der Waals surface area contributed by atoms with Gasteiger partial charge in [-0.3, -0.25) is 24.1 Å². The quantitative estimate of drug-likeness (QED) is 0.483. The van der Waals surface area contributed by atoms with Crippen LogP contribution in [0.5, 0.6) is 11.5 Å². The lowest BCUT2D eigenvalue weighted by atomic mass is 10.1. The van der Waals surface area contributed by atoms with Gasteiger partial charge >= 0.3 is 0 Å². The van der Waals surface area contributed by atoms with E-state index in [4.69, 9.17) is 15.2 Å². The zero-order chi connectivity index (χ0) is 25.0. The standard InChI is InChI=1S/C23H22BrN3O6S/c1-12-6-15(24)16(7-13(12)2)26-21(29)11-33-17-5-4-14(8-18(17)32-3)9-19-22(30)27(10-20(25)28)23(31)34-19/h4-9H,10-11H2,1-3H3,(H2,25,28)(H,26,29)/b19-9-. The van der Waals surface area contributed by atoms with E-state index in [1.165, 1.54) is 13.2 Å². The van der Waals surface area contributed by atoms with Crippen LogP contribution in [0, 0.1) is 13.8 Å². The number of imide groups is 1. The lowest BCUT2D eigenvalue weighted by Gasteiger charge is -2.13. The summed E-state index contributed by atoms with van der Waals surface area (Å²) < 4.78 is 11.7. The smallest absolute Gasteiger partial charge is 0.294 e. The number of hydrogen-bond acceptors (Lipinski definition) is 7. The number of ether oxygens (including phenoxy) is 2. The van der Waals surface area contributed by atoms with Crippen LogP contribution in [-0.2, 0) is 14.4 Å². The number of hydrogen-bond donors (Lipinski definition) is 2. The van der Waals surface area contributed by atoms with Crippen molar-refractivity contribution >= 4 is 62.4 Å². The number of primary amides is 1. The minimum Gasteiger partial charge on any atom is -0.493 e. The zero-order valence-electron chi connectivity index (χ0n) is 18.6. The maximum Gasteiger partial charge on any atom is 0.294 e. The van der Waals surface area contributed by atoms with E-state index in [-0.39, 0.29) is 17.4 Å². The van der Waals surface area contributed by atoms with Crippen LogP contribution < -0.4 is 20.5 Å². The third-order valence-corrected chi connectivity index (χ3v) is 6.45. The lowest BCUT2D eigenvalue weighted by Crippen LogP contribution is -2.36. The molecular formula is C23H22BrN3O6S. The van der Waals surface area contributed by atoms with Crippen molar-refractivity contribution in [1.82, 2.24) is 4.90 Å². The largest absolute Gasteiger partial charge is 0.493 e. The van der Waals surface area contributed by atoms with Crippen molar-refractivity contribution in [1.29, 1.82) is 0 Å². The van der Waals surface area contributed by atoms with E-state index in [2.05, 4.69) is 21.2 Å². The highest BCUT2D eigenvalue weighted by atomic mass is 79.9. The summed E-state index contributed by atoms with van der Waals surface area (Å²) in [4.78, 5) is 48.7. The van der Waals surface area contributed by atoms with Crippen molar-refractivity contribution in [2.75, 3.05) is 25.6 Å². The number of rotatable bonds is 8. The first-order valence-corrected chi connectivity index (χ1v) is 11.6. The summed E-state index contributed by atoms with van der Waals surface area (Å²) in [6.07, 6.45) is 1.50. The van der Waals surface area contributed by atoms with Gasteiger partial charge in [0.05, 0.1) is 17.7 Å². The Bertz CT molecular complexity index is 1210. The van der Waals surface area contributed by atoms with E-state index in [1.54, 1.807) is 18.2 Å². The normalized spacial score (nSPS) is 14.5. The Hall–Kier alpha value is -3.31. The van der Waals surface area contributed by atoms with Crippen molar-refractivity contribution in [3.05, 3.63) is 56.4 Å². The molecule has 2 aromatic rings. The van der Waals surface area contributed by atoms with E-state index in [1.807, 2.05) is 26.0 Å². The molecule has 11 heteroatoms. The highest BCUT2D eigenvalue weighted by Crippen LogP contribution is 2.34. The molecule has 0 radical (unpaired) electrons. The summed E-state index contributed by atoms with van der Waals surface area (Å²) >= 11 is 4.16. The van der Waals surface area contributed by atoms with E-state index in [0.29, 0.717) is 34.5 Å². The van der Waals surface area contributed by atoms with Crippen molar-refractivity contribution < 1.29 is 28.7 Å². The fourth-order valence-corrected chi connectivity index (χ4v) is 4.44. The third kappa shape index (κ3) is 5.97. The van der Waals surface area contributed by atoms with Gasteiger partial charge in [-0.1, -0.05) is 6.07 Å². The van der Waals surface area contributed by atoms with Crippen LogP contribution >= 0.6 is 27.7 Å². The summed E-state index contributed by atoms with van der Waals surface area (Å²) in [6, 6.07) is 8.65. The highest BCUT2D eigenvalue weighted by Gasteiger charge is 2.35. The van der Waals surface area contributed by atoms with E-state index in [9.17, 15) is 19.2 Å². The molecule has 2 aromatic carbocycles. The van der Waals surface area contributed by atoms with Gasteiger partial charge in [0.15, 0.2) is 18.1 Å². The Morgan fingerprint density at radius 3 is 2.53 bits per heavy atom. The molecule has 34 heavy (non-hydrogen) atoms. The molecule has 3 rings (SSSR count). The molecule has 9 nitrogen and oxygen atoms in total. The fraction of sp³-hybridized carbons (Fsp3) is 0.217. The number of benzene rings is 2. The highest BCUT2D eigenvalue weighted by molar-refractivity contribution is 9.10. The molecule has 0 bridgehead atoms. The number of nitrogens with one attached hydrogen (secondary N) is 1. The first-order chi connectivity index (χ1) is 16.1. The number of thioether (sulfide) groups is 1. The van der Waals surface area contributed by atoms with Crippen molar-refractivity contribution in [2.24, 2.45) is 5.73 Å². The molecular weight excluding hydrogens is 526 g/mol. The Labute approximate surface area is 208 Å². The van der Waals surface area contributed by atoms with Gasteiger partial charge in [0.1, 0.15) is 6.54 Å². The van der Waals surface area contributed by atoms with Gasteiger partial charge < -0.3 is 20.5 Å². The molecule has 0 aliphatic carbocycles. The van der Waals surface area contributed by atoms with Crippen LogP contribution in [0.25, 0.3) is 6.08 Å². The van der Waals surface area contributed by atoms with Crippen LogP contribution in [0.3, 0.4) is 0 Å². The van der Waals surface area contributed by atoms with Crippen molar-refractivity contribution in [3.63, 3.8) is 0 Å². The molecule has 0 aromatic heterocycles. The Morgan fingerprint density at radius 2 is 1.85 bits per heavy atom. The second kappa shape index (κ2) is 10.7. The lowest BCUT2D eigenvalue weighted by molar-refractivity contribution is -0.127. The zero-order valence-corrected chi connectivity index (χ0v) is 21.0. The van der Waals surface area contributed by atoms with Crippen LogP contribution in [0.1, 0.15) is 16.7 Å². The predicted molar refractivity (Wildman–Crippen MR) is 133 cm³/mol. The molecule has 0 atom stereocenters. The molecule has 1 aliphatic rings. The van der Waals surface area contributed by atoms with Gasteiger partial charge in [-0.25, -0.2) is 0 Å². The first kappa shape index (κ1) is 25.3. The molecule has 3 N–H and O–H groups in total. The topological polar surface area (TPSA) is 128 Å². The second-order valence-corrected chi connectivity index (χ2v) is 9.25. The maximum atomic E-state index is 12.4. The minimum absolute atomic E-state index is 0.153. The molecule has 178 valence electrons. The number of carbonyl (C=O) groups excluding carboxylic acids is 4. The Kier molecular flexibility index (Phi) is 8.00. The Morgan fingerprint density at radius 1 is 1.15 bits per heavy atom. The molecule has 1 saturated heterocycles. The summed E-state index contributed by atoms with van der Waals surface area (Å²) in [5.74, 6) is -1.05. The monoisotopic (exact) mass is 547 g/mol. The van der Waals surface area contributed by atoms with Gasteiger partial charge in [-0.15, -0.1) is 0 Å². The molecule has 1 aliphatic heterocycles. The number of nitrogens with two attached hydrogens (primary N) is 1. The molecule has 1 fully saturated rings. The van der Waals surface area contributed by atoms with Gasteiger partial charge in [0, 0.05) is 4.47 Å². The van der Waals surface area contributed by atoms with Gasteiger partial charge in [0.2, 0.25) is 5.91 Å².